The van der Waals surface area contributed by atoms with Gasteiger partial charge in [0, 0.05) is 12.5 Å². The van der Waals surface area contributed by atoms with Crippen molar-refractivity contribution in [3.63, 3.8) is 0 Å². The summed E-state index contributed by atoms with van der Waals surface area (Å²) in [5.74, 6) is 1.66. The fourth-order valence-corrected chi connectivity index (χ4v) is 2.31. The highest BCUT2D eigenvalue weighted by molar-refractivity contribution is 5.78. The molecule has 0 spiro atoms. The number of hydrogen-bond donors (Lipinski definition) is 1. The lowest BCUT2D eigenvalue weighted by atomic mass is 10.0. The third-order valence-corrected chi connectivity index (χ3v) is 3.16. The minimum absolute atomic E-state index is 0.119. The molecule has 1 unspecified atom stereocenters. The van der Waals surface area contributed by atoms with E-state index in [0.717, 1.165) is 29.9 Å². The van der Waals surface area contributed by atoms with Crippen molar-refractivity contribution in [2.75, 3.05) is 7.11 Å². The van der Waals surface area contributed by atoms with E-state index >= 15 is 0 Å². The zero-order valence-corrected chi connectivity index (χ0v) is 11.7. The smallest absolute Gasteiger partial charge is 0.220 e. The van der Waals surface area contributed by atoms with Crippen LogP contribution in [-0.4, -0.2) is 25.2 Å². The molecule has 1 fully saturated rings. The van der Waals surface area contributed by atoms with Gasteiger partial charge < -0.3 is 14.8 Å². The molecule has 1 saturated heterocycles. The number of hydrogen-bond acceptors (Lipinski definition) is 3. The van der Waals surface area contributed by atoms with Crippen LogP contribution >= 0.6 is 0 Å². The van der Waals surface area contributed by atoms with Gasteiger partial charge >= 0.3 is 0 Å². The fraction of sp³-hybridized carbons (Fsp3) is 0.533. The Morgan fingerprint density at radius 3 is 2.74 bits per heavy atom. The van der Waals surface area contributed by atoms with Gasteiger partial charge in [0.15, 0.2) is 11.5 Å². The third-order valence-electron chi connectivity index (χ3n) is 3.16. The fourth-order valence-electron chi connectivity index (χ4n) is 2.31. The molecule has 19 heavy (non-hydrogen) atoms. The Morgan fingerprint density at radius 1 is 1.37 bits per heavy atom. The van der Waals surface area contributed by atoms with Crippen molar-refractivity contribution in [2.24, 2.45) is 0 Å². The van der Waals surface area contributed by atoms with Crippen LogP contribution in [0, 0.1) is 0 Å². The summed E-state index contributed by atoms with van der Waals surface area (Å²) in [6.45, 7) is 3.98. The maximum absolute atomic E-state index is 11.2. The number of amides is 1. The van der Waals surface area contributed by atoms with Crippen molar-refractivity contribution in [3.8, 4) is 11.5 Å². The molecule has 1 aliphatic rings. The summed E-state index contributed by atoms with van der Waals surface area (Å²) in [5.41, 5.74) is 1.15. The van der Waals surface area contributed by atoms with E-state index in [-0.39, 0.29) is 18.1 Å². The maximum Gasteiger partial charge on any atom is 0.220 e. The molecule has 1 amide bonds. The van der Waals surface area contributed by atoms with Gasteiger partial charge in [-0.15, -0.1) is 0 Å². The molecule has 2 rings (SSSR count). The quantitative estimate of drug-likeness (QED) is 0.886. The van der Waals surface area contributed by atoms with Gasteiger partial charge in [-0.05, 0) is 44.4 Å². The average Bonchev–Trinajstić information content (AvgIpc) is 2.76. The van der Waals surface area contributed by atoms with E-state index in [2.05, 4.69) is 5.32 Å². The number of benzene rings is 1. The highest BCUT2D eigenvalue weighted by Crippen LogP contribution is 2.29. The highest BCUT2D eigenvalue weighted by Gasteiger charge is 2.21. The lowest BCUT2D eigenvalue weighted by molar-refractivity contribution is -0.119. The zero-order chi connectivity index (χ0) is 13.8. The third kappa shape index (κ3) is 3.63. The minimum atomic E-state index is 0.119. The molecule has 1 aliphatic heterocycles. The second-order valence-corrected chi connectivity index (χ2v) is 5.16. The molecule has 0 radical (unpaired) electrons. The van der Waals surface area contributed by atoms with Crippen molar-refractivity contribution < 1.29 is 14.3 Å². The van der Waals surface area contributed by atoms with Gasteiger partial charge in [0.25, 0.3) is 0 Å². The normalized spacial score (nSPS) is 18.5. The highest BCUT2D eigenvalue weighted by atomic mass is 16.5. The van der Waals surface area contributed by atoms with Crippen LogP contribution < -0.4 is 14.8 Å². The molecule has 1 N–H and O–H groups in total. The summed E-state index contributed by atoms with van der Waals surface area (Å²) in [4.78, 5) is 11.2. The van der Waals surface area contributed by atoms with Gasteiger partial charge in [0.2, 0.25) is 5.91 Å². The van der Waals surface area contributed by atoms with Crippen LogP contribution in [0.5, 0.6) is 11.5 Å². The van der Waals surface area contributed by atoms with Crippen molar-refractivity contribution in [1.29, 1.82) is 0 Å². The minimum Gasteiger partial charge on any atom is -0.493 e. The van der Waals surface area contributed by atoms with Crippen LogP contribution in [0.3, 0.4) is 0 Å². The van der Waals surface area contributed by atoms with Crippen LogP contribution in [0.4, 0.5) is 0 Å². The Bertz CT molecular complexity index is 457. The molecule has 0 bridgehead atoms. The Kier molecular flexibility index (Phi) is 4.30. The van der Waals surface area contributed by atoms with Gasteiger partial charge in [-0.3, -0.25) is 4.79 Å². The van der Waals surface area contributed by atoms with E-state index in [1.807, 2.05) is 32.0 Å². The topological polar surface area (TPSA) is 47.6 Å². The first-order valence-corrected chi connectivity index (χ1v) is 6.71. The SMILES string of the molecule is COc1cc(CC2CCC(=O)N2)ccc1OC(C)C. The number of ether oxygens (including phenoxy) is 2. The molecule has 0 aromatic heterocycles. The second kappa shape index (κ2) is 5.95. The largest absolute Gasteiger partial charge is 0.493 e. The number of carbonyl (C=O) groups excluding carboxylic acids is 1. The molecule has 1 heterocycles. The maximum atomic E-state index is 11.2. The molecule has 1 aromatic rings. The first-order valence-electron chi connectivity index (χ1n) is 6.71. The summed E-state index contributed by atoms with van der Waals surface area (Å²) in [6.07, 6.45) is 2.50. The van der Waals surface area contributed by atoms with Gasteiger partial charge in [0.05, 0.1) is 13.2 Å². The van der Waals surface area contributed by atoms with Gasteiger partial charge in [-0.1, -0.05) is 6.07 Å². The van der Waals surface area contributed by atoms with Gasteiger partial charge in [-0.2, -0.15) is 0 Å². The second-order valence-electron chi connectivity index (χ2n) is 5.16. The molecular formula is C15H21NO3. The molecule has 4 nitrogen and oxygen atoms in total. The molecule has 0 aliphatic carbocycles. The molecule has 1 atom stereocenters. The van der Waals surface area contributed by atoms with Crippen LogP contribution in [0.2, 0.25) is 0 Å². The number of rotatable bonds is 5. The predicted octanol–water partition coefficient (Wildman–Crippen LogP) is 2.30. The van der Waals surface area contributed by atoms with Crippen molar-refractivity contribution in [1.82, 2.24) is 5.32 Å². The summed E-state index contributed by atoms with van der Waals surface area (Å²) in [7, 11) is 1.64. The predicted molar refractivity (Wildman–Crippen MR) is 73.6 cm³/mol. The van der Waals surface area contributed by atoms with Crippen LogP contribution in [0.1, 0.15) is 32.3 Å². The lowest BCUT2D eigenvalue weighted by Crippen LogP contribution is -2.27. The zero-order valence-electron chi connectivity index (χ0n) is 11.7. The summed E-state index contributed by atoms with van der Waals surface area (Å²) >= 11 is 0. The molecule has 104 valence electrons. The first kappa shape index (κ1) is 13.7. The molecule has 0 saturated carbocycles. The van der Waals surface area contributed by atoms with Crippen LogP contribution in [-0.2, 0) is 11.2 Å². The van der Waals surface area contributed by atoms with Gasteiger partial charge in [0.1, 0.15) is 0 Å². The van der Waals surface area contributed by atoms with E-state index < -0.39 is 0 Å². The van der Waals surface area contributed by atoms with Crippen LogP contribution in [0.15, 0.2) is 18.2 Å². The van der Waals surface area contributed by atoms with E-state index in [4.69, 9.17) is 9.47 Å². The van der Waals surface area contributed by atoms with Gasteiger partial charge in [-0.25, -0.2) is 0 Å². The standard InChI is InChI=1S/C15H21NO3/c1-10(2)19-13-6-4-11(9-14(13)18-3)8-12-5-7-15(17)16-12/h4,6,9-10,12H,5,7-8H2,1-3H3,(H,16,17). The van der Waals surface area contributed by atoms with E-state index in [1.54, 1.807) is 7.11 Å². The summed E-state index contributed by atoms with van der Waals surface area (Å²) in [6, 6.07) is 6.20. The Hall–Kier alpha value is -1.71. The summed E-state index contributed by atoms with van der Waals surface area (Å²) < 4.78 is 11.0. The van der Waals surface area contributed by atoms with E-state index in [9.17, 15) is 4.79 Å². The number of methoxy groups -OCH3 is 1. The van der Waals surface area contributed by atoms with Crippen molar-refractivity contribution >= 4 is 5.91 Å². The van der Waals surface area contributed by atoms with E-state index in [0.29, 0.717) is 6.42 Å². The molecule has 4 heteroatoms. The first-order chi connectivity index (χ1) is 9.08. The average molecular weight is 263 g/mol. The van der Waals surface area contributed by atoms with E-state index in [1.165, 1.54) is 0 Å². The summed E-state index contributed by atoms with van der Waals surface area (Å²) in [5, 5.41) is 2.98. The monoisotopic (exact) mass is 263 g/mol. The molecule has 1 aromatic carbocycles. The Morgan fingerprint density at radius 2 is 2.16 bits per heavy atom. The Labute approximate surface area is 114 Å². The van der Waals surface area contributed by atoms with Crippen molar-refractivity contribution in [3.05, 3.63) is 23.8 Å². The van der Waals surface area contributed by atoms with Crippen molar-refractivity contribution in [2.45, 2.75) is 45.3 Å². The number of nitrogens with one attached hydrogen (secondary N) is 1. The Balaban J connectivity index is 2.08. The van der Waals surface area contributed by atoms with Crippen LogP contribution in [0.25, 0.3) is 0 Å². The molecular weight excluding hydrogens is 242 g/mol. The number of carbonyl (C=O) groups is 1. The lowest BCUT2D eigenvalue weighted by Gasteiger charge is -2.16.